The lowest BCUT2D eigenvalue weighted by Gasteiger charge is -2.08. The Bertz CT molecular complexity index is 788. The molecule has 0 saturated carbocycles. The molecule has 0 radical (unpaired) electrons. The third-order valence-electron chi connectivity index (χ3n) is 2.44. The minimum atomic E-state index is -3.79. The van der Waals surface area contributed by atoms with Crippen LogP contribution < -0.4 is 4.72 Å². The van der Waals surface area contributed by atoms with Crippen molar-refractivity contribution >= 4 is 48.9 Å². The molecule has 0 bridgehead atoms. The number of hydrogen-bond donors (Lipinski definition) is 1. The van der Waals surface area contributed by atoms with E-state index < -0.39 is 21.8 Å². The number of rotatable bonds is 4. The largest absolute Gasteiger partial charge is 0.465 e. The fraction of sp³-hybridized carbons (Fsp3) is 0.0833. The summed E-state index contributed by atoms with van der Waals surface area (Å²) in [7, 11) is -2.68. The second-order valence-electron chi connectivity index (χ2n) is 3.85. The summed E-state index contributed by atoms with van der Waals surface area (Å²) in [4.78, 5) is 11.4. The first-order valence-electron chi connectivity index (χ1n) is 5.49. The highest BCUT2D eigenvalue weighted by atomic mass is 79.9. The summed E-state index contributed by atoms with van der Waals surface area (Å²) in [5.41, 5.74) is -0.272. The van der Waals surface area contributed by atoms with E-state index in [1.165, 1.54) is 12.1 Å². The van der Waals surface area contributed by atoms with Crippen LogP contribution in [0.15, 0.2) is 38.3 Å². The number of carbonyl (C=O) groups excluding carboxylic acids is 1. The molecular weight excluding hydrogens is 385 g/mol. The first-order chi connectivity index (χ1) is 9.83. The zero-order chi connectivity index (χ0) is 15.6. The van der Waals surface area contributed by atoms with Crippen molar-refractivity contribution in [3.05, 3.63) is 45.5 Å². The van der Waals surface area contributed by atoms with E-state index in [0.717, 1.165) is 30.6 Å². The number of sulfonamides is 1. The van der Waals surface area contributed by atoms with Gasteiger partial charge < -0.3 is 4.74 Å². The van der Waals surface area contributed by atoms with E-state index in [-0.39, 0.29) is 15.5 Å². The van der Waals surface area contributed by atoms with E-state index in [0.29, 0.717) is 3.79 Å². The molecule has 0 aliphatic rings. The molecule has 0 atom stereocenters. The van der Waals surface area contributed by atoms with Crippen LogP contribution in [0.2, 0.25) is 0 Å². The maximum atomic E-state index is 13.5. The standard InChI is InChI=1S/C12H9BrFNO4S2/c1-19-12(16)8-6-7(2-3-9(8)14)15-21(17,18)11-5-4-10(13)20-11/h2-6,15H,1H3. The summed E-state index contributed by atoms with van der Waals surface area (Å²) in [5.74, 6) is -1.67. The van der Waals surface area contributed by atoms with Crippen LogP contribution in [0.3, 0.4) is 0 Å². The van der Waals surface area contributed by atoms with Crippen LogP contribution >= 0.6 is 27.3 Å². The van der Waals surface area contributed by atoms with Crippen molar-refractivity contribution in [1.82, 2.24) is 0 Å². The lowest BCUT2D eigenvalue weighted by atomic mass is 10.2. The smallest absolute Gasteiger partial charge is 0.340 e. The van der Waals surface area contributed by atoms with Crippen LogP contribution in [0.1, 0.15) is 10.4 Å². The lowest BCUT2D eigenvalue weighted by Crippen LogP contribution is -2.13. The molecule has 0 spiro atoms. The average Bonchev–Trinajstić information content (AvgIpc) is 2.87. The van der Waals surface area contributed by atoms with E-state index in [1.54, 1.807) is 6.07 Å². The molecule has 2 aromatic rings. The topological polar surface area (TPSA) is 72.5 Å². The third kappa shape index (κ3) is 3.60. The van der Waals surface area contributed by atoms with Crippen molar-refractivity contribution in [2.75, 3.05) is 11.8 Å². The summed E-state index contributed by atoms with van der Waals surface area (Å²) < 4.78 is 45.2. The predicted octanol–water partition coefficient (Wildman–Crippen LogP) is 3.24. The van der Waals surface area contributed by atoms with Crippen LogP contribution in [0.5, 0.6) is 0 Å². The van der Waals surface area contributed by atoms with E-state index in [4.69, 9.17) is 0 Å². The van der Waals surface area contributed by atoms with Crippen LogP contribution in [-0.2, 0) is 14.8 Å². The number of hydrogen-bond acceptors (Lipinski definition) is 5. The molecule has 5 nitrogen and oxygen atoms in total. The third-order valence-corrected chi connectivity index (χ3v) is 5.93. The van der Waals surface area contributed by atoms with Gasteiger partial charge in [-0.1, -0.05) is 0 Å². The molecular formula is C12H9BrFNO4S2. The molecule has 9 heteroatoms. The van der Waals surface area contributed by atoms with Gasteiger partial charge >= 0.3 is 5.97 Å². The molecule has 21 heavy (non-hydrogen) atoms. The first-order valence-corrected chi connectivity index (χ1v) is 8.59. The number of carbonyl (C=O) groups is 1. The predicted molar refractivity (Wildman–Crippen MR) is 80.6 cm³/mol. The highest BCUT2D eigenvalue weighted by molar-refractivity contribution is 9.11. The Morgan fingerprint density at radius 2 is 2.05 bits per heavy atom. The molecule has 0 aliphatic heterocycles. The average molecular weight is 394 g/mol. The number of nitrogens with one attached hydrogen (secondary N) is 1. The maximum absolute atomic E-state index is 13.5. The monoisotopic (exact) mass is 393 g/mol. The lowest BCUT2D eigenvalue weighted by molar-refractivity contribution is 0.0595. The molecule has 1 N–H and O–H groups in total. The van der Waals surface area contributed by atoms with Gasteiger partial charge in [0.25, 0.3) is 10.0 Å². The van der Waals surface area contributed by atoms with E-state index in [2.05, 4.69) is 25.4 Å². The second kappa shape index (κ2) is 6.12. The summed E-state index contributed by atoms with van der Waals surface area (Å²) in [6, 6.07) is 6.34. The van der Waals surface area contributed by atoms with Gasteiger partial charge in [0, 0.05) is 5.69 Å². The molecule has 0 unspecified atom stereocenters. The van der Waals surface area contributed by atoms with Gasteiger partial charge in [-0.2, -0.15) is 0 Å². The molecule has 0 saturated heterocycles. The van der Waals surface area contributed by atoms with Gasteiger partial charge in [0.05, 0.1) is 16.5 Å². The fourth-order valence-electron chi connectivity index (χ4n) is 1.50. The Kier molecular flexibility index (Phi) is 4.64. The van der Waals surface area contributed by atoms with E-state index >= 15 is 0 Å². The number of benzene rings is 1. The van der Waals surface area contributed by atoms with Crippen LogP contribution in [0.25, 0.3) is 0 Å². The van der Waals surface area contributed by atoms with Gasteiger partial charge in [-0.15, -0.1) is 11.3 Å². The Labute approximate surface area is 132 Å². The fourth-order valence-corrected chi connectivity index (χ4v) is 4.56. The molecule has 1 aromatic heterocycles. The van der Waals surface area contributed by atoms with Gasteiger partial charge in [0.1, 0.15) is 10.0 Å². The van der Waals surface area contributed by atoms with Crippen molar-refractivity contribution in [3.8, 4) is 0 Å². The highest BCUT2D eigenvalue weighted by Crippen LogP contribution is 2.28. The first kappa shape index (κ1) is 15.9. The summed E-state index contributed by atoms with van der Waals surface area (Å²) in [5, 5.41) is 0. The summed E-state index contributed by atoms with van der Waals surface area (Å²) in [6.45, 7) is 0. The van der Waals surface area contributed by atoms with Crippen molar-refractivity contribution in [2.45, 2.75) is 4.21 Å². The van der Waals surface area contributed by atoms with Crippen molar-refractivity contribution in [3.63, 3.8) is 0 Å². The highest BCUT2D eigenvalue weighted by Gasteiger charge is 2.19. The normalized spacial score (nSPS) is 11.2. The molecule has 0 amide bonds. The zero-order valence-electron chi connectivity index (χ0n) is 10.6. The van der Waals surface area contributed by atoms with E-state index in [1.807, 2.05) is 0 Å². The van der Waals surface area contributed by atoms with Gasteiger partial charge in [-0.25, -0.2) is 17.6 Å². The number of anilines is 1. The molecule has 1 heterocycles. The van der Waals surface area contributed by atoms with Crippen LogP contribution in [0.4, 0.5) is 10.1 Å². The number of esters is 1. The summed E-state index contributed by atoms with van der Waals surface area (Å²) >= 11 is 4.21. The van der Waals surface area contributed by atoms with Gasteiger partial charge in [-0.3, -0.25) is 4.72 Å². The number of ether oxygens (including phenoxy) is 1. The summed E-state index contributed by atoms with van der Waals surface area (Å²) in [6.07, 6.45) is 0. The Balaban J connectivity index is 2.34. The molecule has 112 valence electrons. The molecule has 2 rings (SSSR count). The second-order valence-corrected chi connectivity index (χ2v) is 8.22. The maximum Gasteiger partial charge on any atom is 0.340 e. The van der Waals surface area contributed by atoms with Crippen LogP contribution in [-0.4, -0.2) is 21.5 Å². The minimum absolute atomic E-state index is 0.0707. The van der Waals surface area contributed by atoms with Gasteiger partial charge in [0.2, 0.25) is 0 Å². The quantitative estimate of drug-likeness (QED) is 0.809. The molecule has 0 fully saturated rings. The molecule has 1 aromatic carbocycles. The number of halogens is 2. The minimum Gasteiger partial charge on any atom is -0.465 e. The van der Waals surface area contributed by atoms with Crippen molar-refractivity contribution in [2.24, 2.45) is 0 Å². The number of thiophene rings is 1. The Hall–Kier alpha value is -1.45. The Morgan fingerprint density at radius 1 is 1.33 bits per heavy atom. The van der Waals surface area contributed by atoms with Crippen molar-refractivity contribution in [1.29, 1.82) is 0 Å². The number of methoxy groups -OCH3 is 1. The zero-order valence-corrected chi connectivity index (χ0v) is 13.8. The SMILES string of the molecule is COC(=O)c1cc(NS(=O)(=O)c2ccc(Br)s2)ccc1F. The van der Waals surface area contributed by atoms with Gasteiger partial charge in [-0.05, 0) is 46.3 Å². The Morgan fingerprint density at radius 3 is 2.62 bits per heavy atom. The van der Waals surface area contributed by atoms with Gasteiger partial charge in [0.15, 0.2) is 0 Å². The van der Waals surface area contributed by atoms with Crippen molar-refractivity contribution < 1.29 is 22.3 Å². The van der Waals surface area contributed by atoms with Crippen LogP contribution in [0, 0.1) is 5.82 Å². The molecule has 0 aliphatic carbocycles. The van der Waals surface area contributed by atoms with E-state index in [9.17, 15) is 17.6 Å².